The molecule has 0 unspecified atom stereocenters. The highest BCUT2D eigenvalue weighted by atomic mass is 16.3. The van der Waals surface area contributed by atoms with Gasteiger partial charge in [0, 0.05) is 5.50 Å². The molecule has 158 valence electrons. The lowest BCUT2D eigenvalue weighted by Crippen LogP contribution is -2.52. The van der Waals surface area contributed by atoms with Crippen LogP contribution in [-0.4, -0.2) is 29.2 Å². The average molecular weight is 386 g/mol. The lowest BCUT2D eigenvalue weighted by molar-refractivity contribution is -0.0559. The summed E-state index contributed by atoms with van der Waals surface area (Å²) in [5.41, 5.74) is 1.43. The van der Waals surface area contributed by atoms with E-state index in [9.17, 15) is 10.2 Å². The summed E-state index contributed by atoms with van der Waals surface area (Å²) >= 11 is 0. The number of rotatable bonds is 4. The van der Waals surface area contributed by atoms with Crippen molar-refractivity contribution in [1.29, 1.82) is 0 Å². The van der Waals surface area contributed by atoms with Gasteiger partial charge < -0.3 is 10.2 Å². The molecule has 4 aliphatic carbocycles. The summed E-state index contributed by atoms with van der Waals surface area (Å²) in [6, 6.07) is 0. The van der Waals surface area contributed by atoms with Gasteiger partial charge in [-0.05, 0) is 113 Å². The van der Waals surface area contributed by atoms with Crippen molar-refractivity contribution in [3.8, 4) is 0 Å². The van der Waals surface area contributed by atoms with Crippen LogP contribution in [0.4, 0.5) is 0 Å². The first-order valence-electron chi connectivity index (χ1n) is 12.1. The first-order chi connectivity index (χ1) is 12.9. The molecule has 3 heteroatoms. The second-order valence-corrected chi connectivity index (χ2v) is 12.5. The van der Waals surface area contributed by atoms with Crippen LogP contribution in [0.1, 0.15) is 98.3 Å². The SMILES string of the molecule is B[C@]1(O)CC[C@@]2(C)C(=CC[C@H]3[C@@H]4CC[C@H](CCCC(C)(C)O)[C@@]4(C)CC[C@@H]32)C1. The quantitative estimate of drug-likeness (QED) is 0.537. The number of fused-ring (bicyclic) bond motifs is 5. The molecule has 0 heterocycles. The molecule has 0 aliphatic heterocycles. The summed E-state index contributed by atoms with van der Waals surface area (Å²) in [5, 5.41) is 20.7. The van der Waals surface area contributed by atoms with Gasteiger partial charge in [0.2, 0.25) is 0 Å². The van der Waals surface area contributed by atoms with Crippen molar-refractivity contribution < 1.29 is 10.2 Å². The molecule has 3 fully saturated rings. The molecule has 0 spiro atoms. The van der Waals surface area contributed by atoms with Gasteiger partial charge in [-0.25, -0.2) is 0 Å². The second-order valence-electron chi connectivity index (χ2n) is 12.5. The summed E-state index contributed by atoms with van der Waals surface area (Å²) in [4.78, 5) is 0. The molecular formula is C25H43BO2. The van der Waals surface area contributed by atoms with Crippen LogP contribution in [0.15, 0.2) is 11.6 Å². The summed E-state index contributed by atoms with van der Waals surface area (Å²) in [6.07, 6.45) is 15.8. The van der Waals surface area contributed by atoms with Crippen molar-refractivity contribution in [2.24, 2.45) is 34.5 Å². The Morgan fingerprint density at radius 2 is 1.86 bits per heavy atom. The Morgan fingerprint density at radius 1 is 1.11 bits per heavy atom. The minimum atomic E-state index is -0.516. The first kappa shape index (κ1) is 21.0. The van der Waals surface area contributed by atoms with Crippen molar-refractivity contribution in [1.82, 2.24) is 0 Å². The zero-order chi connectivity index (χ0) is 20.4. The van der Waals surface area contributed by atoms with Crippen LogP contribution in [0.2, 0.25) is 0 Å². The second kappa shape index (κ2) is 6.87. The van der Waals surface area contributed by atoms with E-state index in [-0.39, 0.29) is 0 Å². The Labute approximate surface area is 174 Å². The Kier molecular flexibility index (Phi) is 5.15. The van der Waals surface area contributed by atoms with Gasteiger partial charge >= 0.3 is 0 Å². The molecule has 7 atom stereocenters. The fraction of sp³-hybridized carbons (Fsp3) is 0.920. The molecule has 0 aromatic heterocycles. The van der Waals surface area contributed by atoms with Crippen molar-refractivity contribution >= 4 is 7.85 Å². The molecular weight excluding hydrogens is 343 g/mol. The topological polar surface area (TPSA) is 40.5 Å². The van der Waals surface area contributed by atoms with Crippen LogP contribution in [0, 0.1) is 34.5 Å². The maximum absolute atomic E-state index is 10.6. The zero-order valence-electron chi connectivity index (χ0n) is 19.1. The maximum Gasteiger partial charge on any atom is 0.143 e. The molecule has 0 bridgehead atoms. The van der Waals surface area contributed by atoms with Gasteiger partial charge in [0.25, 0.3) is 0 Å². The van der Waals surface area contributed by atoms with Gasteiger partial charge in [0.1, 0.15) is 7.85 Å². The molecule has 2 N–H and O–H groups in total. The minimum Gasteiger partial charge on any atom is -0.399 e. The van der Waals surface area contributed by atoms with Crippen LogP contribution >= 0.6 is 0 Å². The van der Waals surface area contributed by atoms with Crippen molar-refractivity contribution in [2.45, 2.75) is 109 Å². The van der Waals surface area contributed by atoms with Crippen LogP contribution in [0.5, 0.6) is 0 Å². The van der Waals surface area contributed by atoms with Crippen LogP contribution < -0.4 is 0 Å². The van der Waals surface area contributed by atoms with E-state index in [1.54, 1.807) is 5.57 Å². The van der Waals surface area contributed by atoms with Gasteiger partial charge in [0.15, 0.2) is 0 Å². The third-order valence-electron chi connectivity index (χ3n) is 9.92. The third kappa shape index (κ3) is 3.53. The molecule has 0 amide bonds. The lowest BCUT2D eigenvalue weighted by Gasteiger charge is -2.59. The van der Waals surface area contributed by atoms with Crippen molar-refractivity contribution in [3.05, 3.63) is 11.6 Å². The molecule has 28 heavy (non-hydrogen) atoms. The fourth-order valence-electron chi connectivity index (χ4n) is 8.17. The summed E-state index contributed by atoms with van der Waals surface area (Å²) in [7, 11) is 2.03. The van der Waals surface area contributed by atoms with Gasteiger partial charge in [-0.3, -0.25) is 0 Å². The molecule has 0 radical (unpaired) electrons. The molecule has 3 saturated carbocycles. The Balaban J connectivity index is 1.49. The van der Waals surface area contributed by atoms with E-state index in [1.807, 2.05) is 21.7 Å². The van der Waals surface area contributed by atoms with Gasteiger partial charge in [-0.2, -0.15) is 0 Å². The normalized spacial score (nSPS) is 48.4. The highest BCUT2D eigenvalue weighted by molar-refractivity contribution is 6.14. The van der Waals surface area contributed by atoms with Crippen LogP contribution in [-0.2, 0) is 0 Å². The van der Waals surface area contributed by atoms with E-state index in [0.29, 0.717) is 10.8 Å². The number of allylic oxidation sites excluding steroid dienone is 1. The molecule has 4 rings (SSSR count). The van der Waals surface area contributed by atoms with E-state index >= 15 is 0 Å². The van der Waals surface area contributed by atoms with Gasteiger partial charge in [-0.1, -0.05) is 31.9 Å². The predicted molar refractivity (Wildman–Crippen MR) is 119 cm³/mol. The summed E-state index contributed by atoms with van der Waals surface area (Å²) < 4.78 is 0. The molecule has 4 aliphatic rings. The fourth-order valence-corrected chi connectivity index (χ4v) is 8.17. The minimum absolute atomic E-state index is 0.339. The Hall–Kier alpha value is -0.275. The largest absolute Gasteiger partial charge is 0.399 e. The van der Waals surface area contributed by atoms with E-state index in [4.69, 9.17) is 0 Å². The highest BCUT2D eigenvalue weighted by Gasteiger charge is 2.58. The molecule has 0 saturated heterocycles. The molecule has 0 aromatic carbocycles. The number of aliphatic hydroxyl groups is 2. The Morgan fingerprint density at radius 3 is 2.57 bits per heavy atom. The summed E-state index contributed by atoms with van der Waals surface area (Å²) in [5.74, 6) is 3.42. The first-order valence-corrected chi connectivity index (χ1v) is 12.1. The highest BCUT2D eigenvalue weighted by Crippen LogP contribution is 2.67. The molecule has 2 nitrogen and oxygen atoms in total. The maximum atomic E-state index is 10.6. The summed E-state index contributed by atoms with van der Waals surface area (Å²) in [6.45, 7) is 9.04. The third-order valence-corrected chi connectivity index (χ3v) is 9.92. The van der Waals surface area contributed by atoms with Crippen LogP contribution in [0.3, 0.4) is 0 Å². The van der Waals surface area contributed by atoms with E-state index in [1.165, 1.54) is 51.4 Å². The average Bonchev–Trinajstić information content (AvgIpc) is 2.91. The number of hydrogen-bond acceptors (Lipinski definition) is 2. The monoisotopic (exact) mass is 386 g/mol. The van der Waals surface area contributed by atoms with Crippen molar-refractivity contribution in [2.75, 3.05) is 0 Å². The van der Waals surface area contributed by atoms with E-state index in [0.717, 1.165) is 42.9 Å². The van der Waals surface area contributed by atoms with E-state index in [2.05, 4.69) is 19.9 Å². The Bertz CT molecular complexity index is 633. The lowest BCUT2D eigenvalue weighted by atomic mass is 9.45. The number of hydrogen-bond donors (Lipinski definition) is 2. The standard InChI is InChI=1S/C25H43BO2/c1-22(2,27)12-5-6-17-8-10-20-19-9-7-18-16-25(26,28)15-14-24(18,4)21(19)11-13-23(17,20)3/h7,17,19-21,27-28H,5-6,8-16,26H2,1-4H3/t17-,19-,20-,21-,23+,24-,25-/m0/s1. The smallest absolute Gasteiger partial charge is 0.143 e. The molecule has 0 aromatic rings. The zero-order valence-corrected chi connectivity index (χ0v) is 19.1. The van der Waals surface area contributed by atoms with Crippen molar-refractivity contribution in [3.63, 3.8) is 0 Å². The van der Waals surface area contributed by atoms with Crippen LogP contribution in [0.25, 0.3) is 0 Å². The van der Waals surface area contributed by atoms with E-state index < -0.39 is 11.1 Å². The van der Waals surface area contributed by atoms with Gasteiger partial charge in [0.05, 0.1) is 5.60 Å². The predicted octanol–water partition coefficient (Wildman–Crippen LogP) is 4.83. The van der Waals surface area contributed by atoms with Gasteiger partial charge in [-0.15, -0.1) is 0 Å².